The molecular weight excluding hydrogens is 330 g/mol. The minimum atomic E-state index is -3.69. The minimum Gasteiger partial charge on any atom is -0.496 e. The summed E-state index contributed by atoms with van der Waals surface area (Å²) in [4.78, 5) is 0.208. The van der Waals surface area contributed by atoms with Crippen molar-refractivity contribution in [2.45, 2.75) is 24.8 Å². The van der Waals surface area contributed by atoms with Gasteiger partial charge < -0.3 is 9.47 Å². The highest BCUT2D eigenvalue weighted by molar-refractivity contribution is 7.89. The second-order valence-corrected chi connectivity index (χ2v) is 7.15. The molecule has 0 fully saturated rings. The van der Waals surface area contributed by atoms with Crippen LogP contribution in [-0.4, -0.2) is 39.0 Å². The van der Waals surface area contributed by atoms with Gasteiger partial charge in [-0.3, -0.25) is 4.68 Å². The molecule has 0 bridgehead atoms. The van der Waals surface area contributed by atoms with Gasteiger partial charge >= 0.3 is 0 Å². The lowest BCUT2D eigenvalue weighted by Crippen LogP contribution is -2.30. The van der Waals surface area contributed by atoms with Crippen LogP contribution in [0.4, 0.5) is 0 Å². The van der Waals surface area contributed by atoms with Crippen molar-refractivity contribution in [1.82, 2.24) is 14.5 Å². The summed E-state index contributed by atoms with van der Waals surface area (Å²) < 4.78 is 40.2. The summed E-state index contributed by atoms with van der Waals surface area (Å²) >= 11 is 0. The first-order chi connectivity index (χ1) is 11.3. The van der Waals surface area contributed by atoms with E-state index in [1.54, 1.807) is 32.7 Å². The zero-order chi connectivity index (χ0) is 17.9. The topological polar surface area (TPSA) is 82.5 Å². The van der Waals surface area contributed by atoms with Crippen LogP contribution in [0.25, 0.3) is 0 Å². The Morgan fingerprint density at radius 3 is 2.46 bits per heavy atom. The third-order valence-corrected chi connectivity index (χ3v) is 5.62. The lowest BCUT2D eigenvalue weighted by molar-refractivity contribution is 0.105. The highest BCUT2D eigenvalue weighted by Gasteiger charge is 2.25. The van der Waals surface area contributed by atoms with Gasteiger partial charge in [0.25, 0.3) is 0 Å². The SMILES string of the molecule is COc1ccccc1[C@@H](CNS(=O)(=O)c1c(C)nn(C)c1C)OC. The molecule has 7 nitrogen and oxygen atoms in total. The summed E-state index contributed by atoms with van der Waals surface area (Å²) in [5, 5.41) is 4.16. The minimum absolute atomic E-state index is 0.0903. The van der Waals surface area contributed by atoms with Crippen LogP contribution in [0.15, 0.2) is 29.2 Å². The number of ether oxygens (including phenoxy) is 2. The molecule has 0 spiro atoms. The van der Waals surface area contributed by atoms with E-state index in [2.05, 4.69) is 9.82 Å². The van der Waals surface area contributed by atoms with Crippen molar-refractivity contribution >= 4 is 10.0 Å². The predicted molar refractivity (Wildman–Crippen MR) is 90.6 cm³/mol. The molecule has 0 amide bonds. The lowest BCUT2D eigenvalue weighted by Gasteiger charge is -2.19. The van der Waals surface area contributed by atoms with Crippen molar-refractivity contribution in [3.63, 3.8) is 0 Å². The van der Waals surface area contributed by atoms with Crippen molar-refractivity contribution < 1.29 is 17.9 Å². The average molecular weight is 353 g/mol. The first-order valence-electron chi connectivity index (χ1n) is 7.47. The monoisotopic (exact) mass is 353 g/mol. The van der Waals surface area contributed by atoms with Crippen molar-refractivity contribution in [3.05, 3.63) is 41.2 Å². The van der Waals surface area contributed by atoms with Crippen molar-refractivity contribution in [3.8, 4) is 5.75 Å². The summed E-state index contributed by atoms with van der Waals surface area (Å²) in [5.74, 6) is 0.650. The summed E-state index contributed by atoms with van der Waals surface area (Å²) in [6, 6.07) is 7.36. The summed E-state index contributed by atoms with van der Waals surface area (Å²) in [5.41, 5.74) is 1.84. The lowest BCUT2D eigenvalue weighted by atomic mass is 10.1. The van der Waals surface area contributed by atoms with E-state index in [0.717, 1.165) is 5.56 Å². The number of benzene rings is 1. The number of hydrogen-bond acceptors (Lipinski definition) is 5. The number of nitrogens with one attached hydrogen (secondary N) is 1. The molecule has 0 saturated heterocycles. The summed E-state index contributed by atoms with van der Waals surface area (Å²) in [6.07, 6.45) is -0.465. The van der Waals surface area contributed by atoms with Crippen molar-refractivity contribution in [2.24, 2.45) is 7.05 Å². The molecule has 1 aromatic carbocycles. The highest BCUT2D eigenvalue weighted by Crippen LogP contribution is 2.27. The van der Waals surface area contributed by atoms with Gasteiger partial charge in [0.1, 0.15) is 10.6 Å². The normalized spacial score (nSPS) is 13.0. The Labute approximate surface area is 142 Å². The molecule has 0 unspecified atom stereocenters. The number of hydrogen-bond donors (Lipinski definition) is 1. The standard InChI is InChI=1S/C16H23N3O4S/c1-11-16(12(2)19(3)18-11)24(20,21)17-10-15(23-5)13-8-6-7-9-14(13)22-4/h6-9,15,17H,10H2,1-5H3/t15-/m1/s1. The second-order valence-electron chi connectivity index (χ2n) is 5.44. The van der Waals surface area contributed by atoms with Gasteiger partial charge in [-0.25, -0.2) is 13.1 Å². The second kappa shape index (κ2) is 7.33. The number of nitrogens with zero attached hydrogens (tertiary/aromatic N) is 2. The third-order valence-electron chi connectivity index (χ3n) is 3.94. The van der Waals surface area contributed by atoms with E-state index in [1.165, 1.54) is 7.11 Å². The van der Waals surface area contributed by atoms with E-state index in [9.17, 15) is 8.42 Å². The van der Waals surface area contributed by atoms with E-state index < -0.39 is 16.1 Å². The number of sulfonamides is 1. The third kappa shape index (κ3) is 3.61. The maximum Gasteiger partial charge on any atom is 0.244 e. The average Bonchev–Trinajstić information content (AvgIpc) is 2.81. The van der Waals surface area contributed by atoms with E-state index in [-0.39, 0.29) is 11.4 Å². The number of rotatable bonds is 7. The predicted octanol–water partition coefficient (Wildman–Crippen LogP) is 1.71. The summed E-state index contributed by atoms with van der Waals surface area (Å²) in [6.45, 7) is 3.49. The zero-order valence-electron chi connectivity index (χ0n) is 14.5. The molecule has 1 atom stereocenters. The maximum absolute atomic E-state index is 12.6. The molecule has 0 aliphatic heterocycles. The first kappa shape index (κ1) is 18.4. The van der Waals surface area contributed by atoms with Crippen LogP contribution < -0.4 is 9.46 Å². The van der Waals surface area contributed by atoms with E-state index in [4.69, 9.17) is 9.47 Å². The fraction of sp³-hybridized carbons (Fsp3) is 0.438. The molecule has 2 aromatic rings. The number of methoxy groups -OCH3 is 2. The molecule has 132 valence electrons. The highest BCUT2D eigenvalue weighted by atomic mass is 32.2. The Morgan fingerprint density at radius 1 is 1.25 bits per heavy atom. The smallest absolute Gasteiger partial charge is 0.244 e. The van der Waals surface area contributed by atoms with Crippen molar-refractivity contribution in [2.75, 3.05) is 20.8 Å². The van der Waals surface area contributed by atoms with Crippen LogP contribution in [0, 0.1) is 13.8 Å². The number of para-hydroxylation sites is 1. The summed E-state index contributed by atoms with van der Waals surface area (Å²) in [7, 11) is 1.13. The van der Waals surface area contributed by atoms with Crippen LogP contribution in [0.1, 0.15) is 23.1 Å². The Bertz CT molecular complexity index is 815. The van der Waals surface area contributed by atoms with Gasteiger partial charge in [-0.1, -0.05) is 18.2 Å². The van der Waals surface area contributed by atoms with Crippen LogP contribution in [0.3, 0.4) is 0 Å². The molecule has 1 N–H and O–H groups in total. The fourth-order valence-corrected chi connectivity index (χ4v) is 4.12. The van der Waals surface area contributed by atoms with Crippen LogP contribution in [-0.2, 0) is 21.8 Å². The van der Waals surface area contributed by atoms with Gasteiger partial charge in [-0.15, -0.1) is 0 Å². The molecule has 24 heavy (non-hydrogen) atoms. The van der Waals surface area contributed by atoms with Crippen LogP contribution >= 0.6 is 0 Å². The zero-order valence-corrected chi connectivity index (χ0v) is 15.3. The molecule has 1 heterocycles. The van der Waals surface area contributed by atoms with Crippen molar-refractivity contribution in [1.29, 1.82) is 0 Å². The van der Waals surface area contributed by atoms with E-state index in [1.807, 2.05) is 24.3 Å². The molecule has 0 aliphatic rings. The molecule has 0 radical (unpaired) electrons. The van der Waals surface area contributed by atoms with Crippen LogP contribution in [0.5, 0.6) is 5.75 Å². The maximum atomic E-state index is 12.6. The molecule has 0 aliphatic carbocycles. The number of aryl methyl sites for hydroxylation is 2. The quantitative estimate of drug-likeness (QED) is 0.819. The molecule has 8 heteroatoms. The molecule has 1 aromatic heterocycles. The van der Waals surface area contributed by atoms with E-state index >= 15 is 0 Å². The van der Waals surface area contributed by atoms with Gasteiger partial charge in [-0.05, 0) is 19.9 Å². The van der Waals surface area contributed by atoms with Gasteiger partial charge in [0.2, 0.25) is 10.0 Å². The number of aromatic nitrogens is 2. The molecule has 2 rings (SSSR count). The molecular formula is C16H23N3O4S. The Hall–Kier alpha value is -1.90. The van der Waals surface area contributed by atoms with Gasteiger partial charge in [-0.2, -0.15) is 5.10 Å². The van der Waals surface area contributed by atoms with Gasteiger partial charge in [0.05, 0.1) is 24.6 Å². The van der Waals surface area contributed by atoms with E-state index in [0.29, 0.717) is 17.1 Å². The van der Waals surface area contributed by atoms with Gasteiger partial charge in [0.15, 0.2) is 0 Å². The van der Waals surface area contributed by atoms with Gasteiger partial charge in [0, 0.05) is 26.3 Å². The Balaban J connectivity index is 2.24. The fourth-order valence-electron chi connectivity index (χ4n) is 2.65. The first-order valence-corrected chi connectivity index (χ1v) is 8.95. The Morgan fingerprint density at radius 2 is 1.92 bits per heavy atom. The molecule has 0 saturated carbocycles. The van der Waals surface area contributed by atoms with Crippen LogP contribution in [0.2, 0.25) is 0 Å². The largest absolute Gasteiger partial charge is 0.496 e. The Kier molecular flexibility index (Phi) is 5.63.